The maximum absolute atomic E-state index is 5.09. The van der Waals surface area contributed by atoms with Crippen LogP contribution in [0.4, 0.5) is 0 Å². The Labute approximate surface area is 118 Å². The summed E-state index contributed by atoms with van der Waals surface area (Å²) in [6.07, 6.45) is 22.9. The lowest BCUT2D eigenvalue weighted by Crippen LogP contribution is -2.30. The highest BCUT2D eigenvalue weighted by molar-refractivity contribution is 5.65. The number of hydrogen-bond donors (Lipinski definition) is 0. The van der Waals surface area contributed by atoms with Crippen molar-refractivity contribution in [1.82, 2.24) is 0 Å². The number of allylic oxidation sites excluding steroid dienone is 3. The summed E-state index contributed by atoms with van der Waals surface area (Å²) in [7, 11) is 0. The van der Waals surface area contributed by atoms with Crippen molar-refractivity contribution in [2.45, 2.75) is 77.2 Å². The van der Waals surface area contributed by atoms with Gasteiger partial charge in [-0.25, -0.2) is 0 Å². The van der Waals surface area contributed by atoms with Gasteiger partial charge in [0.2, 0.25) is 0 Å². The molecule has 1 aliphatic carbocycles. The lowest BCUT2D eigenvalue weighted by molar-refractivity contribution is 0.299. The van der Waals surface area contributed by atoms with E-state index in [1.807, 2.05) is 0 Å². The fraction of sp³-hybridized carbons (Fsp3) is 0.722. The highest BCUT2D eigenvalue weighted by atomic mass is 14.9. The maximum atomic E-state index is 5.09. The van der Waals surface area contributed by atoms with Gasteiger partial charge in [-0.2, -0.15) is 0 Å². The first kappa shape index (κ1) is 14.6. The molecule has 0 aromatic carbocycles. The van der Waals surface area contributed by atoms with Crippen molar-refractivity contribution in [2.75, 3.05) is 0 Å². The molecule has 0 aromatic heterocycles. The molecule has 0 aromatic rings. The van der Waals surface area contributed by atoms with E-state index < -0.39 is 0 Å². The zero-order valence-corrected chi connectivity index (χ0v) is 12.7. The molecule has 106 valence electrons. The average molecular weight is 259 g/mol. The molecule has 0 N–H and O–H groups in total. The first-order chi connectivity index (χ1) is 9.12. The molecule has 1 spiro atoms. The molecule has 0 radical (unpaired) electrons. The van der Waals surface area contributed by atoms with Crippen LogP contribution in [0.2, 0.25) is 0 Å². The van der Waals surface area contributed by atoms with Gasteiger partial charge in [-0.15, -0.1) is 0 Å². The van der Waals surface area contributed by atoms with E-state index in [9.17, 15) is 0 Å². The van der Waals surface area contributed by atoms with Crippen LogP contribution in [0.5, 0.6) is 0 Å². The van der Waals surface area contributed by atoms with Crippen LogP contribution in [0.3, 0.4) is 0 Å². The van der Waals surface area contributed by atoms with E-state index in [0.717, 1.165) is 12.8 Å². The van der Waals surface area contributed by atoms with Crippen molar-refractivity contribution in [3.63, 3.8) is 0 Å². The maximum Gasteiger partial charge on any atom is 0.0638 e. The van der Waals surface area contributed by atoms with E-state index in [-0.39, 0.29) is 11.0 Å². The molecule has 19 heavy (non-hydrogen) atoms. The van der Waals surface area contributed by atoms with Crippen molar-refractivity contribution < 1.29 is 0 Å². The molecule has 2 aliphatic rings. The van der Waals surface area contributed by atoms with Gasteiger partial charge >= 0.3 is 0 Å². The molecular formula is C18H29N. The highest BCUT2D eigenvalue weighted by Gasteiger charge is 2.30. The van der Waals surface area contributed by atoms with Gasteiger partial charge in [-0.1, -0.05) is 57.4 Å². The molecule has 0 unspecified atom stereocenters. The number of nitrogens with zero attached hydrogens (tertiary/aromatic N) is 1. The normalized spacial score (nSPS) is 30.2. The topological polar surface area (TPSA) is 12.4 Å². The second-order valence-corrected chi connectivity index (χ2v) is 6.96. The molecule has 0 amide bonds. The molecule has 0 bridgehead atoms. The summed E-state index contributed by atoms with van der Waals surface area (Å²) in [6, 6.07) is 0. The van der Waals surface area contributed by atoms with Crippen molar-refractivity contribution in [1.29, 1.82) is 0 Å². The molecule has 0 atom stereocenters. The Morgan fingerprint density at radius 1 is 0.789 bits per heavy atom. The summed E-state index contributed by atoms with van der Waals surface area (Å²) in [5.74, 6) is 0. The van der Waals surface area contributed by atoms with Gasteiger partial charge in [0.05, 0.1) is 5.54 Å². The van der Waals surface area contributed by atoms with E-state index in [2.05, 4.69) is 44.4 Å². The van der Waals surface area contributed by atoms with Crippen molar-refractivity contribution in [3.8, 4) is 0 Å². The largest absolute Gasteiger partial charge is 0.290 e. The van der Waals surface area contributed by atoms with Crippen LogP contribution in [-0.4, -0.2) is 11.8 Å². The third-order valence-corrected chi connectivity index (χ3v) is 4.45. The van der Waals surface area contributed by atoms with Crippen molar-refractivity contribution in [2.24, 2.45) is 10.4 Å². The first-order valence-corrected chi connectivity index (χ1v) is 7.98. The van der Waals surface area contributed by atoms with E-state index in [1.165, 1.54) is 44.9 Å². The lowest BCUT2D eigenvalue weighted by atomic mass is 9.79. The Morgan fingerprint density at radius 3 is 2.11 bits per heavy atom. The summed E-state index contributed by atoms with van der Waals surface area (Å²) in [4.78, 5) is 5.09. The smallest absolute Gasteiger partial charge is 0.0638 e. The van der Waals surface area contributed by atoms with Gasteiger partial charge < -0.3 is 0 Å². The van der Waals surface area contributed by atoms with Crippen LogP contribution < -0.4 is 0 Å². The van der Waals surface area contributed by atoms with Gasteiger partial charge in [0.15, 0.2) is 0 Å². The Hall–Kier alpha value is -0.850. The summed E-state index contributed by atoms with van der Waals surface area (Å²) < 4.78 is 0. The lowest BCUT2D eigenvalue weighted by Gasteiger charge is -2.34. The van der Waals surface area contributed by atoms with E-state index in [0.29, 0.717) is 0 Å². The minimum atomic E-state index is 0.198. The molecular weight excluding hydrogens is 230 g/mol. The molecule has 1 heterocycles. The quantitative estimate of drug-likeness (QED) is 0.511. The third-order valence-electron chi connectivity index (χ3n) is 4.45. The van der Waals surface area contributed by atoms with E-state index >= 15 is 0 Å². The van der Waals surface area contributed by atoms with Crippen molar-refractivity contribution in [3.05, 3.63) is 24.3 Å². The second-order valence-electron chi connectivity index (χ2n) is 6.96. The Kier molecular flexibility index (Phi) is 5.01. The van der Waals surface area contributed by atoms with Crippen LogP contribution in [0.15, 0.2) is 29.3 Å². The van der Waals surface area contributed by atoms with Gasteiger partial charge in [0, 0.05) is 11.6 Å². The zero-order valence-electron chi connectivity index (χ0n) is 12.7. The molecule has 1 saturated carbocycles. The minimum Gasteiger partial charge on any atom is -0.290 e. The van der Waals surface area contributed by atoms with Crippen molar-refractivity contribution >= 4 is 6.21 Å². The van der Waals surface area contributed by atoms with Crippen LogP contribution in [0.25, 0.3) is 0 Å². The molecule has 1 fully saturated rings. The fourth-order valence-corrected chi connectivity index (χ4v) is 3.08. The zero-order chi connectivity index (χ0) is 13.6. The third kappa shape index (κ3) is 4.63. The fourth-order valence-electron chi connectivity index (χ4n) is 3.08. The highest BCUT2D eigenvalue weighted by Crippen LogP contribution is 2.36. The Bertz CT molecular complexity index is 354. The molecule has 1 aliphatic heterocycles. The van der Waals surface area contributed by atoms with Gasteiger partial charge in [0.25, 0.3) is 0 Å². The standard InChI is InChI=1S/C18H29N/c1-17(2)12-8-5-3-4-6-9-13-18(19-16-17)14-10-7-11-15-18/h5-6,8-9,16H,3-4,7,10-15H2,1-2H3/b8-5-,9-6+,19-16?. The predicted octanol–water partition coefficient (Wildman–Crippen LogP) is 5.47. The van der Waals surface area contributed by atoms with E-state index in [1.54, 1.807) is 0 Å². The Balaban J connectivity index is 2.17. The second kappa shape index (κ2) is 6.54. The Morgan fingerprint density at radius 2 is 1.42 bits per heavy atom. The molecule has 0 saturated heterocycles. The van der Waals surface area contributed by atoms with Crippen LogP contribution in [0, 0.1) is 5.41 Å². The van der Waals surface area contributed by atoms with Gasteiger partial charge in [-0.05, 0) is 38.5 Å². The van der Waals surface area contributed by atoms with Crippen LogP contribution in [0.1, 0.15) is 71.6 Å². The molecule has 1 heteroatoms. The number of aliphatic imine (C=N–C) groups is 1. The average Bonchev–Trinajstić information content (AvgIpc) is 2.40. The molecule has 2 rings (SSSR count). The van der Waals surface area contributed by atoms with Gasteiger partial charge in [0.1, 0.15) is 0 Å². The number of hydrogen-bond acceptors (Lipinski definition) is 1. The summed E-state index contributed by atoms with van der Waals surface area (Å²) in [6.45, 7) is 4.61. The first-order valence-electron chi connectivity index (χ1n) is 7.98. The van der Waals surface area contributed by atoms with E-state index in [4.69, 9.17) is 4.99 Å². The number of rotatable bonds is 0. The van der Waals surface area contributed by atoms with Crippen LogP contribution in [-0.2, 0) is 0 Å². The summed E-state index contributed by atoms with van der Waals surface area (Å²) in [5, 5.41) is 0. The minimum absolute atomic E-state index is 0.198. The van der Waals surface area contributed by atoms with Crippen LogP contribution >= 0.6 is 0 Å². The monoisotopic (exact) mass is 259 g/mol. The summed E-state index contributed by atoms with van der Waals surface area (Å²) in [5.41, 5.74) is 0.415. The SMILES string of the molecule is CC1(C)C=NC2(C/C=C/CC/C=C\C1)CCCCC2. The van der Waals surface area contributed by atoms with Gasteiger partial charge in [-0.3, -0.25) is 4.99 Å². The molecule has 1 nitrogen and oxygen atoms in total. The summed E-state index contributed by atoms with van der Waals surface area (Å²) >= 11 is 0. The predicted molar refractivity (Wildman–Crippen MR) is 84.8 cm³/mol.